The Morgan fingerprint density at radius 2 is 1.95 bits per heavy atom. The lowest BCUT2D eigenvalue weighted by Gasteiger charge is -2.36. The molecule has 5 heteroatoms. The zero-order chi connectivity index (χ0) is 14.6. The minimum absolute atomic E-state index is 0.222. The van der Waals surface area contributed by atoms with Gasteiger partial charge in [-0.1, -0.05) is 0 Å². The van der Waals surface area contributed by atoms with E-state index in [9.17, 15) is 4.79 Å². The fourth-order valence-electron chi connectivity index (χ4n) is 2.14. The first kappa shape index (κ1) is 14.8. The number of rotatable bonds is 4. The van der Waals surface area contributed by atoms with Crippen LogP contribution in [0.5, 0.6) is 0 Å². The van der Waals surface area contributed by atoms with Gasteiger partial charge in [0.05, 0.1) is 0 Å². The number of carbonyl (C=O) groups excluding carboxylic acids is 1. The van der Waals surface area contributed by atoms with E-state index in [-0.39, 0.29) is 12.1 Å². The fraction of sp³-hybridized carbons (Fsp3) is 0.600. The van der Waals surface area contributed by atoms with E-state index < -0.39 is 5.60 Å². The number of nitrogens with zero attached hydrogens (tertiary/aromatic N) is 1. The first-order valence-corrected chi connectivity index (χ1v) is 7.04. The van der Waals surface area contributed by atoms with Gasteiger partial charge >= 0.3 is 6.09 Å². The number of carbonyl (C=O) groups is 1. The standard InChI is InChI=1S/C15H23N3O2/c1-15(2,3)20-14(19)18-13-8-12(9-13)17-10-11-4-6-16-7-5-11/h4-7,12-13,17H,8-10H2,1-3H3,(H,18,19). The summed E-state index contributed by atoms with van der Waals surface area (Å²) in [5, 5.41) is 6.36. The van der Waals surface area contributed by atoms with Gasteiger partial charge in [0.15, 0.2) is 0 Å². The highest BCUT2D eigenvalue weighted by molar-refractivity contribution is 5.68. The molecule has 1 aromatic rings. The van der Waals surface area contributed by atoms with E-state index in [1.54, 1.807) is 12.4 Å². The second kappa shape index (κ2) is 6.22. The molecule has 1 heterocycles. The summed E-state index contributed by atoms with van der Waals surface area (Å²) in [5.41, 5.74) is 0.788. The number of hydrogen-bond donors (Lipinski definition) is 2. The Balaban J connectivity index is 1.62. The summed E-state index contributed by atoms with van der Waals surface area (Å²) < 4.78 is 5.23. The maximum absolute atomic E-state index is 11.6. The van der Waals surface area contributed by atoms with E-state index in [1.807, 2.05) is 32.9 Å². The van der Waals surface area contributed by atoms with Crippen LogP contribution in [0.15, 0.2) is 24.5 Å². The minimum atomic E-state index is -0.438. The molecule has 2 N–H and O–H groups in total. The number of hydrogen-bond acceptors (Lipinski definition) is 4. The van der Waals surface area contributed by atoms with Crippen LogP contribution in [0.4, 0.5) is 4.79 Å². The van der Waals surface area contributed by atoms with Crippen molar-refractivity contribution in [3.63, 3.8) is 0 Å². The third kappa shape index (κ3) is 4.81. The summed E-state index contributed by atoms with van der Waals surface area (Å²) in [6, 6.07) is 4.69. The summed E-state index contributed by atoms with van der Waals surface area (Å²) in [7, 11) is 0. The molecule has 1 aliphatic carbocycles. The van der Waals surface area contributed by atoms with E-state index in [1.165, 1.54) is 5.56 Å². The predicted octanol–water partition coefficient (Wildman–Crippen LogP) is 2.23. The van der Waals surface area contributed by atoms with E-state index in [2.05, 4.69) is 15.6 Å². The maximum Gasteiger partial charge on any atom is 0.407 e. The lowest BCUT2D eigenvalue weighted by Crippen LogP contribution is -2.52. The van der Waals surface area contributed by atoms with Crippen LogP contribution in [0, 0.1) is 0 Å². The minimum Gasteiger partial charge on any atom is -0.444 e. The van der Waals surface area contributed by atoms with Gasteiger partial charge in [0, 0.05) is 31.0 Å². The molecule has 0 aliphatic heterocycles. The van der Waals surface area contributed by atoms with Crippen molar-refractivity contribution in [3.05, 3.63) is 30.1 Å². The lowest BCUT2D eigenvalue weighted by molar-refractivity contribution is 0.0465. The average molecular weight is 277 g/mol. The molecule has 1 aromatic heterocycles. The van der Waals surface area contributed by atoms with Gasteiger partial charge in [-0.3, -0.25) is 4.98 Å². The Labute approximate surface area is 120 Å². The summed E-state index contributed by atoms with van der Waals surface area (Å²) in [6.07, 6.45) is 5.17. The Hall–Kier alpha value is -1.62. The molecule has 1 saturated carbocycles. The fourth-order valence-corrected chi connectivity index (χ4v) is 2.14. The molecule has 2 rings (SSSR count). The quantitative estimate of drug-likeness (QED) is 0.886. The van der Waals surface area contributed by atoms with E-state index >= 15 is 0 Å². The number of amides is 1. The molecule has 20 heavy (non-hydrogen) atoms. The number of nitrogens with one attached hydrogen (secondary N) is 2. The molecule has 0 aromatic carbocycles. The molecule has 5 nitrogen and oxygen atoms in total. The van der Waals surface area contributed by atoms with E-state index in [0.717, 1.165) is 19.4 Å². The van der Waals surface area contributed by atoms with Crippen molar-refractivity contribution in [2.45, 2.75) is 57.8 Å². The summed E-state index contributed by atoms with van der Waals surface area (Å²) in [5.74, 6) is 0. The molecule has 1 aliphatic rings. The SMILES string of the molecule is CC(C)(C)OC(=O)NC1CC(NCc2ccncc2)C1. The van der Waals surface area contributed by atoms with Gasteiger partial charge in [0.2, 0.25) is 0 Å². The van der Waals surface area contributed by atoms with Crippen LogP contribution in [0.1, 0.15) is 39.2 Å². The first-order valence-electron chi connectivity index (χ1n) is 7.04. The van der Waals surface area contributed by atoms with Crippen molar-refractivity contribution in [1.29, 1.82) is 0 Å². The highest BCUT2D eigenvalue weighted by Gasteiger charge is 2.31. The van der Waals surface area contributed by atoms with Crippen molar-refractivity contribution in [1.82, 2.24) is 15.6 Å². The van der Waals surface area contributed by atoms with Crippen LogP contribution in [-0.2, 0) is 11.3 Å². The van der Waals surface area contributed by atoms with Gasteiger partial charge in [0.1, 0.15) is 5.60 Å². The average Bonchev–Trinajstić information content (AvgIpc) is 2.31. The number of ether oxygens (including phenoxy) is 1. The van der Waals surface area contributed by atoms with Crippen LogP contribution in [-0.4, -0.2) is 28.8 Å². The highest BCUT2D eigenvalue weighted by atomic mass is 16.6. The molecule has 0 radical (unpaired) electrons. The third-order valence-electron chi connectivity index (χ3n) is 3.20. The van der Waals surface area contributed by atoms with E-state index in [0.29, 0.717) is 6.04 Å². The molecular weight excluding hydrogens is 254 g/mol. The van der Waals surface area contributed by atoms with Gasteiger partial charge in [-0.15, -0.1) is 0 Å². The molecule has 0 atom stereocenters. The molecule has 1 amide bonds. The predicted molar refractivity (Wildman–Crippen MR) is 77.3 cm³/mol. The molecule has 1 fully saturated rings. The smallest absolute Gasteiger partial charge is 0.407 e. The van der Waals surface area contributed by atoms with Crippen molar-refractivity contribution >= 4 is 6.09 Å². The van der Waals surface area contributed by atoms with Gasteiger partial charge in [-0.2, -0.15) is 0 Å². The van der Waals surface area contributed by atoms with Crippen LogP contribution >= 0.6 is 0 Å². The summed E-state index contributed by atoms with van der Waals surface area (Å²) >= 11 is 0. The van der Waals surface area contributed by atoms with Gasteiger partial charge in [-0.05, 0) is 51.3 Å². The van der Waals surface area contributed by atoms with E-state index in [4.69, 9.17) is 4.74 Å². The third-order valence-corrected chi connectivity index (χ3v) is 3.20. The number of alkyl carbamates (subject to hydrolysis) is 1. The normalized spacial score (nSPS) is 21.9. The molecule has 0 bridgehead atoms. The van der Waals surface area contributed by atoms with Gasteiger partial charge in [-0.25, -0.2) is 4.79 Å². The molecule has 0 spiro atoms. The van der Waals surface area contributed by atoms with Crippen molar-refractivity contribution < 1.29 is 9.53 Å². The monoisotopic (exact) mass is 277 g/mol. The largest absolute Gasteiger partial charge is 0.444 e. The summed E-state index contributed by atoms with van der Waals surface area (Å²) in [4.78, 5) is 15.6. The Bertz CT molecular complexity index is 436. The van der Waals surface area contributed by atoms with Crippen LogP contribution in [0.2, 0.25) is 0 Å². The number of pyridine rings is 1. The Morgan fingerprint density at radius 3 is 2.55 bits per heavy atom. The van der Waals surface area contributed by atoms with Crippen molar-refractivity contribution in [2.75, 3.05) is 0 Å². The lowest BCUT2D eigenvalue weighted by atomic mass is 9.87. The molecule has 0 unspecified atom stereocenters. The Kier molecular flexibility index (Phi) is 4.60. The second-order valence-corrected chi connectivity index (χ2v) is 6.25. The van der Waals surface area contributed by atoms with Gasteiger partial charge in [0.25, 0.3) is 0 Å². The number of aromatic nitrogens is 1. The van der Waals surface area contributed by atoms with Crippen LogP contribution in [0.25, 0.3) is 0 Å². The first-order chi connectivity index (χ1) is 9.42. The second-order valence-electron chi connectivity index (χ2n) is 6.25. The zero-order valence-corrected chi connectivity index (χ0v) is 12.3. The van der Waals surface area contributed by atoms with Crippen molar-refractivity contribution in [3.8, 4) is 0 Å². The Morgan fingerprint density at radius 1 is 1.30 bits per heavy atom. The van der Waals surface area contributed by atoms with Crippen molar-refractivity contribution in [2.24, 2.45) is 0 Å². The zero-order valence-electron chi connectivity index (χ0n) is 12.3. The van der Waals surface area contributed by atoms with Crippen LogP contribution in [0.3, 0.4) is 0 Å². The topological polar surface area (TPSA) is 63.2 Å². The molecule has 0 saturated heterocycles. The summed E-state index contributed by atoms with van der Waals surface area (Å²) in [6.45, 7) is 6.44. The molecular formula is C15H23N3O2. The highest BCUT2D eigenvalue weighted by Crippen LogP contribution is 2.21. The molecule has 110 valence electrons. The van der Waals surface area contributed by atoms with Gasteiger partial charge < -0.3 is 15.4 Å². The maximum atomic E-state index is 11.6. The van der Waals surface area contributed by atoms with Crippen LogP contribution < -0.4 is 10.6 Å².